The minimum atomic E-state index is -0.141. The van der Waals surface area contributed by atoms with Crippen LogP contribution in [0.3, 0.4) is 0 Å². The van der Waals surface area contributed by atoms with Crippen molar-refractivity contribution < 1.29 is 14.3 Å². The summed E-state index contributed by atoms with van der Waals surface area (Å²) in [4.78, 5) is 30.8. The van der Waals surface area contributed by atoms with Crippen LogP contribution in [0.25, 0.3) is 10.9 Å². The van der Waals surface area contributed by atoms with Gasteiger partial charge in [0.25, 0.3) is 5.56 Å². The van der Waals surface area contributed by atoms with Crippen LogP contribution in [0.1, 0.15) is 43.2 Å². The largest absolute Gasteiger partial charge is 0.376 e. The fourth-order valence-electron chi connectivity index (χ4n) is 4.42. The molecule has 2 fully saturated rings. The average molecular weight is 399 g/mol. The van der Waals surface area contributed by atoms with Crippen molar-refractivity contribution in [3.8, 4) is 0 Å². The zero-order chi connectivity index (χ0) is 20.2. The van der Waals surface area contributed by atoms with Crippen LogP contribution in [0.5, 0.6) is 0 Å². The Bertz CT molecular complexity index is 911. The van der Waals surface area contributed by atoms with E-state index in [4.69, 9.17) is 9.47 Å². The molecule has 0 bridgehead atoms. The van der Waals surface area contributed by atoms with Gasteiger partial charge in [-0.15, -0.1) is 0 Å². The van der Waals surface area contributed by atoms with E-state index in [2.05, 4.69) is 11.1 Å². The summed E-state index contributed by atoms with van der Waals surface area (Å²) in [7, 11) is 0. The van der Waals surface area contributed by atoms with Crippen LogP contribution in [0.4, 0.5) is 0 Å². The van der Waals surface area contributed by atoms with Gasteiger partial charge in [0, 0.05) is 23.5 Å². The summed E-state index contributed by atoms with van der Waals surface area (Å²) in [6.45, 7) is 4.42. The molecule has 1 aliphatic heterocycles. The van der Waals surface area contributed by atoms with Crippen molar-refractivity contribution in [3.05, 3.63) is 45.7 Å². The lowest BCUT2D eigenvalue weighted by atomic mass is 9.88. The van der Waals surface area contributed by atoms with Gasteiger partial charge in [-0.25, -0.2) is 0 Å². The Morgan fingerprint density at radius 2 is 2.00 bits per heavy atom. The molecule has 0 spiro atoms. The molecule has 1 atom stereocenters. The van der Waals surface area contributed by atoms with E-state index in [1.807, 2.05) is 30.0 Å². The van der Waals surface area contributed by atoms with Gasteiger partial charge in [0.15, 0.2) is 0 Å². The molecule has 1 aliphatic carbocycles. The van der Waals surface area contributed by atoms with Crippen molar-refractivity contribution in [2.75, 3.05) is 26.4 Å². The summed E-state index contributed by atoms with van der Waals surface area (Å²) >= 11 is 0. The van der Waals surface area contributed by atoms with E-state index in [0.29, 0.717) is 38.5 Å². The van der Waals surface area contributed by atoms with Gasteiger partial charge in [0.1, 0.15) is 0 Å². The maximum Gasteiger partial charge on any atom is 0.253 e. The molecule has 0 radical (unpaired) electrons. The number of H-pyrrole nitrogens is 1. The van der Waals surface area contributed by atoms with E-state index in [9.17, 15) is 9.59 Å². The van der Waals surface area contributed by atoms with Gasteiger partial charge in [0.05, 0.1) is 32.5 Å². The second kappa shape index (κ2) is 9.09. The number of carbonyl (C=O) groups excluding carboxylic acids is 1. The summed E-state index contributed by atoms with van der Waals surface area (Å²) in [5.41, 5.74) is 2.43. The first-order valence-corrected chi connectivity index (χ1v) is 10.7. The van der Waals surface area contributed by atoms with Crippen LogP contribution < -0.4 is 5.56 Å². The third-order valence-electron chi connectivity index (χ3n) is 6.01. The highest BCUT2D eigenvalue weighted by atomic mass is 16.6. The lowest BCUT2D eigenvalue weighted by Crippen LogP contribution is -2.45. The first kappa shape index (κ1) is 20.1. The van der Waals surface area contributed by atoms with Gasteiger partial charge in [-0.05, 0) is 43.4 Å². The highest BCUT2D eigenvalue weighted by molar-refractivity contribution is 5.81. The standard InChI is InChI=1S/C23H30N2O4/c1-16-7-8-21-18(11-16)12-19(22(26)24-21)13-25(14-20-15-28-9-10-29-20)23(27)17-5-3-2-4-6-17/h7-8,11-12,17,20H,2-6,9-10,13-15H2,1H3,(H,24,26)/t20-/m1/s1. The molecule has 1 aromatic heterocycles. The number of pyridine rings is 1. The minimum Gasteiger partial charge on any atom is -0.376 e. The molecular weight excluding hydrogens is 368 g/mol. The number of nitrogens with one attached hydrogen (secondary N) is 1. The highest BCUT2D eigenvalue weighted by Gasteiger charge is 2.29. The normalized spacial score (nSPS) is 20.7. The van der Waals surface area contributed by atoms with Crippen molar-refractivity contribution in [2.24, 2.45) is 5.92 Å². The van der Waals surface area contributed by atoms with Crippen LogP contribution in [-0.4, -0.2) is 48.3 Å². The van der Waals surface area contributed by atoms with E-state index in [0.717, 1.165) is 42.1 Å². The van der Waals surface area contributed by atoms with Crippen LogP contribution in [0, 0.1) is 12.8 Å². The quantitative estimate of drug-likeness (QED) is 0.840. The number of rotatable bonds is 5. The summed E-state index contributed by atoms with van der Waals surface area (Å²) in [5, 5.41) is 0.988. The molecule has 1 amide bonds. The van der Waals surface area contributed by atoms with Gasteiger partial charge in [-0.1, -0.05) is 30.9 Å². The highest BCUT2D eigenvalue weighted by Crippen LogP contribution is 2.26. The van der Waals surface area contributed by atoms with Crippen molar-refractivity contribution >= 4 is 16.8 Å². The first-order chi connectivity index (χ1) is 14.1. The number of aromatic nitrogens is 1. The predicted molar refractivity (Wildman–Crippen MR) is 112 cm³/mol. The molecule has 29 heavy (non-hydrogen) atoms. The fourth-order valence-corrected chi connectivity index (χ4v) is 4.42. The molecule has 156 valence electrons. The van der Waals surface area contributed by atoms with Crippen LogP contribution >= 0.6 is 0 Å². The van der Waals surface area contributed by atoms with E-state index in [-0.39, 0.29) is 23.5 Å². The topological polar surface area (TPSA) is 71.6 Å². The predicted octanol–water partition coefficient (Wildman–Crippen LogP) is 3.16. The fraction of sp³-hybridized carbons (Fsp3) is 0.565. The second-order valence-electron chi connectivity index (χ2n) is 8.34. The smallest absolute Gasteiger partial charge is 0.253 e. The zero-order valence-electron chi connectivity index (χ0n) is 17.1. The van der Waals surface area contributed by atoms with Crippen LogP contribution in [0.2, 0.25) is 0 Å². The number of aryl methyl sites for hydroxylation is 1. The van der Waals surface area contributed by atoms with Crippen molar-refractivity contribution in [1.29, 1.82) is 0 Å². The summed E-state index contributed by atoms with van der Waals surface area (Å²) in [6.07, 6.45) is 5.13. The molecule has 6 heteroatoms. The number of benzene rings is 1. The van der Waals surface area contributed by atoms with Crippen molar-refractivity contribution in [1.82, 2.24) is 9.88 Å². The third kappa shape index (κ3) is 4.87. The molecule has 0 unspecified atom stereocenters. The molecule has 1 saturated heterocycles. The Balaban J connectivity index is 1.59. The van der Waals surface area contributed by atoms with E-state index in [1.54, 1.807) is 0 Å². The first-order valence-electron chi connectivity index (χ1n) is 10.7. The Morgan fingerprint density at radius 3 is 2.76 bits per heavy atom. The number of aromatic amines is 1. The average Bonchev–Trinajstić information content (AvgIpc) is 2.75. The number of ether oxygens (including phenoxy) is 2. The van der Waals surface area contributed by atoms with Crippen molar-refractivity contribution in [3.63, 3.8) is 0 Å². The summed E-state index contributed by atoms with van der Waals surface area (Å²) in [5.74, 6) is 0.192. The SMILES string of the molecule is Cc1ccc2[nH]c(=O)c(CN(C[C@@H]3COCCO3)C(=O)C3CCCCC3)cc2c1. The zero-order valence-corrected chi connectivity index (χ0v) is 17.1. The van der Waals surface area contributed by atoms with Crippen molar-refractivity contribution in [2.45, 2.75) is 51.7 Å². The minimum absolute atomic E-state index is 0.0510. The molecule has 4 rings (SSSR count). The molecule has 2 heterocycles. The number of hydrogen-bond acceptors (Lipinski definition) is 4. The van der Waals surface area contributed by atoms with Gasteiger partial charge >= 0.3 is 0 Å². The van der Waals surface area contributed by atoms with Crippen LogP contribution in [0.15, 0.2) is 29.1 Å². The Morgan fingerprint density at radius 1 is 1.17 bits per heavy atom. The number of hydrogen-bond donors (Lipinski definition) is 1. The van der Waals surface area contributed by atoms with E-state index >= 15 is 0 Å². The molecule has 2 aromatic rings. The molecule has 1 N–H and O–H groups in total. The third-order valence-corrected chi connectivity index (χ3v) is 6.01. The molecule has 1 aromatic carbocycles. The monoisotopic (exact) mass is 398 g/mol. The maximum absolute atomic E-state index is 13.3. The molecule has 1 saturated carbocycles. The van der Waals surface area contributed by atoms with Gasteiger partial charge in [0.2, 0.25) is 5.91 Å². The molecule has 2 aliphatic rings. The van der Waals surface area contributed by atoms with E-state index < -0.39 is 0 Å². The molecular formula is C23H30N2O4. The Hall–Kier alpha value is -2.18. The number of carbonyl (C=O) groups is 1. The lowest BCUT2D eigenvalue weighted by molar-refractivity contribution is -0.144. The second-order valence-corrected chi connectivity index (χ2v) is 8.34. The Kier molecular flexibility index (Phi) is 6.31. The number of amides is 1. The number of nitrogens with zero attached hydrogens (tertiary/aromatic N) is 1. The summed E-state index contributed by atoms with van der Waals surface area (Å²) in [6, 6.07) is 7.88. The van der Waals surface area contributed by atoms with E-state index in [1.165, 1.54) is 6.42 Å². The van der Waals surface area contributed by atoms with Gasteiger partial charge < -0.3 is 19.4 Å². The number of fused-ring (bicyclic) bond motifs is 1. The molecule has 6 nitrogen and oxygen atoms in total. The van der Waals surface area contributed by atoms with Gasteiger partial charge in [-0.2, -0.15) is 0 Å². The van der Waals surface area contributed by atoms with Crippen LogP contribution in [-0.2, 0) is 20.8 Å². The maximum atomic E-state index is 13.3. The Labute approximate surface area is 171 Å². The lowest BCUT2D eigenvalue weighted by Gasteiger charge is -2.33. The summed E-state index contributed by atoms with van der Waals surface area (Å²) < 4.78 is 11.3. The van der Waals surface area contributed by atoms with Gasteiger partial charge in [-0.3, -0.25) is 9.59 Å².